The van der Waals surface area contributed by atoms with E-state index in [9.17, 15) is 4.79 Å². The summed E-state index contributed by atoms with van der Waals surface area (Å²) in [5.74, 6) is 1.91. The zero-order chi connectivity index (χ0) is 21.9. The van der Waals surface area contributed by atoms with Crippen LogP contribution in [0, 0.1) is 5.92 Å². The number of aromatic nitrogens is 3. The van der Waals surface area contributed by atoms with E-state index < -0.39 is 0 Å². The van der Waals surface area contributed by atoms with Gasteiger partial charge >= 0.3 is 0 Å². The molecule has 3 heterocycles. The molecule has 1 amide bonds. The predicted octanol–water partition coefficient (Wildman–Crippen LogP) is 3.45. The third-order valence-electron chi connectivity index (χ3n) is 5.87. The number of rotatable bonds is 7. The summed E-state index contributed by atoms with van der Waals surface area (Å²) in [6, 6.07) is 9.30. The minimum absolute atomic E-state index is 0.143. The van der Waals surface area contributed by atoms with Gasteiger partial charge in [-0.3, -0.25) is 4.79 Å². The minimum atomic E-state index is -0.143. The number of methoxy groups -OCH3 is 1. The largest absolute Gasteiger partial charge is 0.497 e. The summed E-state index contributed by atoms with van der Waals surface area (Å²) in [5.41, 5.74) is 3.17. The molecule has 2 aromatic heterocycles. The fourth-order valence-corrected chi connectivity index (χ4v) is 3.88. The number of hydrogen-bond acceptors (Lipinski definition) is 6. The van der Waals surface area contributed by atoms with Crippen molar-refractivity contribution in [3.63, 3.8) is 0 Å². The van der Waals surface area contributed by atoms with Gasteiger partial charge < -0.3 is 24.3 Å². The zero-order valence-electron chi connectivity index (χ0n) is 18.2. The van der Waals surface area contributed by atoms with Crippen LogP contribution in [-0.4, -0.2) is 53.9 Å². The van der Waals surface area contributed by atoms with E-state index in [1.807, 2.05) is 48.9 Å². The summed E-state index contributed by atoms with van der Waals surface area (Å²) < 4.78 is 12.7. The number of hydrogen-bond donors (Lipinski definition) is 1. The smallest absolute Gasteiger partial charge is 0.272 e. The molecule has 2 aliphatic rings. The van der Waals surface area contributed by atoms with E-state index in [2.05, 4.69) is 24.8 Å². The number of benzene rings is 1. The maximum Gasteiger partial charge on any atom is 0.272 e. The molecular weight excluding hydrogens is 406 g/mol. The second-order valence-corrected chi connectivity index (χ2v) is 8.27. The van der Waals surface area contributed by atoms with Crippen LogP contribution in [0.3, 0.4) is 0 Å². The lowest BCUT2D eigenvalue weighted by molar-refractivity contribution is 0.101. The van der Waals surface area contributed by atoms with Gasteiger partial charge in [0, 0.05) is 61.1 Å². The lowest BCUT2D eigenvalue weighted by Crippen LogP contribution is -2.37. The average molecular weight is 434 g/mol. The van der Waals surface area contributed by atoms with Crippen molar-refractivity contribution in [2.45, 2.75) is 19.4 Å². The van der Waals surface area contributed by atoms with Crippen LogP contribution in [0.15, 0.2) is 48.9 Å². The van der Waals surface area contributed by atoms with E-state index in [0.717, 1.165) is 30.8 Å². The Morgan fingerprint density at radius 2 is 1.94 bits per heavy atom. The molecule has 0 atom stereocenters. The summed E-state index contributed by atoms with van der Waals surface area (Å²) in [7, 11) is 1.61. The Balaban J connectivity index is 1.38. The van der Waals surface area contributed by atoms with Crippen LogP contribution in [0.2, 0.25) is 0 Å². The summed E-state index contributed by atoms with van der Waals surface area (Å²) >= 11 is 0. The molecule has 1 N–H and O–H groups in total. The highest BCUT2D eigenvalue weighted by Crippen LogP contribution is 2.33. The predicted molar refractivity (Wildman–Crippen MR) is 122 cm³/mol. The third-order valence-corrected chi connectivity index (χ3v) is 5.87. The van der Waals surface area contributed by atoms with Gasteiger partial charge in [-0.2, -0.15) is 0 Å². The first-order chi connectivity index (χ1) is 15.7. The number of nitrogens with one attached hydrogen (secondary N) is 1. The lowest BCUT2D eigenvalue weighted by atomic mass is 10.2. The van der Waals surface area contributed by atoms with Gasteiger partial charge in [0.15, 0.2) is 0 Å². The first-order valence-electron chi connectivity index (χ1n) is 11.0. The lowest BCUT2D eigenvalue weighted by Gasteiger charge is -2.26. The van der Waals surface area contributed by atoms with Crippen molar-refractivity contribution in [3.8, 4) is 16.9 Å². The molecule has 3 aromatic rings. The molecule has 0 spiro atoms. The quantitative estimate of drug-likeness (QED) is 0.615. The second-order valence-electron chi connectivity index (χ2n) is 8.27. The molecule has 1 aromatic carbocycles. The van der Waals surface area contributed by atoms with E-state index in [1.165, 1.54) is 12.8 Å². The summed E-state index contributed by atoms with van der Waals surface area (Å²) in [5, 5.41) is 2.99. The molecule has 5 rings (SSSR count). The Morgan fingerprint density at radius 1 is 1.16 bits per heavy atom. The van der Waals surface area contributed by atoms with Crippen molar-refractivity contribution in [3.05, 3.63) is 54.6 Å². The van der Waals surface area contributed by atoms with E-state index in [-0.39, 0.29) is 5.91 Å². The molecule has 0 radical (unpaired) electrons. The van der Waals surface area contributed by atoms with Gasteiger partial charge in [-0.1, -0.05) is 6.07 Å². The molecular formula is C24H27N5O3. The molecule has 2 fully saturated rings. The average Bonchev–Trinajstić information content (AvgIpc) is 3.56. The van der Waals surface area contributed by atoms with Crippen LogP contribution in [-0.2, 0) is 11.3 Å². The molecule has 0 unspecified atom stereocenters. The second kappa shape index (κ2) is 9.00. The van der Waals surface area contributed by atoms with Gasteiger partial charge in [-0.05, 0) is 37.0 Å². The number of ether oxygens (including phenoxy) is 2. The van der Waals surface area contributed by atoms with Crippen molar-refractivity contribution in [1.29, 1.82) is 0 Å². The van der Waals surface area contributed by atoms with Crippen molar-refractivity contribution in [2.24, 2.45) is 5.92 Å². The van der Waals surface area contributed by atoms with Crippen LogP contribution in [0.4, 0.5) is 11.6 Å². The van der Waals surface area contributed by atoms with E-state index >= 15 is 0 Å². The van der Waals surface area contributed by atoms with Crippen molar-refractivity contribution in [1.82, 2.24) is 14.5 Å². The highest BCUT2D eigenvalue weighted by atomic mass is 16.5. The monoisotopic (exact) mass is 433 g/mol. The zero-order valence-corrected chi connectivity index (χ0v) is 18.2. The standard InChI is InChI=1S/C24H27N5O3/c1-31-21-4-2-3-20(12-21)27-23(30)22-11-18(16-29(22)15-17-5-6-17)19-13-25-24(26-14-19)28-7-9-32-10-8-28/h2-4,11-14,16-17H,5-10,15H2,1H3,(H,27,30). The Morgan fingerprint density at radius 3 is 2.66 bits per heavy atom. The number of nitrogens with zero attached hydrogens (tertiary/aromatic N) is 4. The Bertz CT molecular complexity index is 1090. The Labute approximate surface area is 187 Å². The fourth-order valence-electron chi connectivity index (χ4n) is 3.88. The number of carbonyl (C=O) groups is 1. The van der Waals surface area contributed by atoms with Crippen LogP contribution in [0.25, 0.3) is 11.1 Å². The summed E-state index contributed by atoms with van der Waals surface area (Å²) in [6.07, 6.45) is 8.12. The van der Waals surface area contributed by atoms with Crippen molar-refractivity contribution < 1.29 is 14.3 Å². The normalized spacial score (nSPS) is 16.1. The molecule has 1 saturated carbocycles. The Kier molecular flexibility index (Phi) is 5.77. The first kappa shape index (κ1) is 20.5. The highest BCUT2D eigenvalue weighted by Gasteiger charge is 2.25. The van der Waals surface area contributed by atoms with E-state index in [1.54, 1.807) is 7.11 Å². The molecule has 8 heteroatoms. The molecule has 1 aliphatic heterocycles. The fraction of sp³-hybridized carbons (Fsp3) is 0.375. The van der Waals surface area contributed by atoms with Gasteiger partial charge in [0.05, 0.1) is 20.3 Å². The highest BCUT2D eigenvalue weighted by molar-refractivity contribution is 6.04. The van der Waals surface area contributed by atoms with Crippen LogP contribution >= 0.6 is 0 Å². The maximum atomic E-state index is 13.1. The molecule has 166 valence electrons. The van der Waals surface area contributed by atoms with Crippen molar-refractivity contribution in [2.75, 3.05) is 43.6 Å². The molecule has 32 heavy (non-hydrogen) atoms. The molecule has 0 bridgehead atoms. The van der Waals surface area contributed by atoms with E-state index in [0.29, 0.717) is 42.2 Å². The van der Waals surface area contributed by atoms with Gasteiger partial charge in [-0.25, -0.2) is 9.97 Å². The van der Waals surface area contributed by atoms with Gasteiger partial charge in [0.1, 0.15) is 11.4 Å². The van der Waals surface area contributed by atoms with Crippen LogP contribution in [0.5, 0.6) is 5.75 Å². The molecule has 1 saturated heterocycles. The van der Waals surface area contributed by atoms with E-state index in [4.69, 9.17) is 9.47 Å². The third kappa shape index (κ3) is 4.60. The Hall–Kier alpha value is -3.39. The van der Waals surface area contributed by atoms with Crippen molar-refractivity contribution >= 4 is 17.5 Å². The maximum absolute atomic E-state index is 13.1. The van der Waals surface area contributed by atoms with Gasteiger partial charge in [0.2, 0.25) is 5.95 Å². The molecule has 8 nitrogen and oxygen atoms in total. The minimum Gasteiger partial charge on any atom is -0.497 e. The molecule has 1 aliphatic carbocycles. The SMILES string of the molecule is COc1cccc(NC(=O)c2cc(-c3cnc(N4CCOCC4)nc3)cn2CC2CC2)c1. The topological polar surface area (TPSA) is 81.5 Å². The number of anilines is 2. The van der Waals surface area contributed by atoms with Crippen LogP contribution < -0.4 is 15.0 Å². The van der Waals surface area contributed by atoms with Crippen LogP contribution in [0.1, 0.15) is 23.3 Å². The summed E-state index contributed by atoms with van der Waals surface area (Å²) in [4.78, 5) is 24.4. The number of amides is 1. The number of carbonyl (C=O) groups excluding carboxylic acids is 1. The summed E-state index contributed by atoms with van der Waals surface area (Å²) in [6.45, 7) is 3.83. The number of morpholine rings is 1. The van der Waals surface area contributed by atoms with Gasteiger partial charge in [-0.15, -0.1) is 0 Å². The first-order valence-corrected chi connectivity index (χ1v) is 11.0. The van der Waals surface area contributed by atoms with Gasteiger partial charge in [0.25, 0.3) is 5.91 Å².